The molecule has 0 aromatic carbocycles. The molecular weight excluding hydrogens is 251 g/mol. The van der Waals surface area contributed by atoms with Gasteiger partial charge in [0, 0.05) is 4.91 Å². The summed E-state index contributed by atoms with van der Waals surface area (Å²) in [6.45, 7) is 0. The molecule has 0 amide bonds. The first-order valence-electron chi connectivity index (χ1n) is 3.26. The van der Waals surface area contributed by atoms with E-state index in [4.69, 9.17) is 0 Å². The second kappa shape index (κ2) is 5.68. The summed E-state index contributed by atoms with van der Waals surface area (Å²) in [5.41, 5.74) is 0. The molecule has 0 saturated carbocycles. The van der Waals surface area contributed by atoms with Crippen molar-refractivity contribution >= 4 is 53.0 Å². The van der Waals surface area contributed by atoms with Gasteiger partial charge in [-0.05, 0) is 16.2 Å². The number of rotatable bonds is 1. The van der Waals surface area contributed by atoms with Crippen LogP contribution in [0.4, 0.5) is 0 Å². The fourth-order valence-electron chi connectivity index (χ4n) is 0.738. The van der Waals surface area contributed by atoms with Gasteiger partial charge >= 0.3 is 18.9 Å². The summed E-state index contributed by atoms with van der Waals surface area (Å²) in [7, 11) is 0. The van der Waals surface area contributed by atoms with E-state index in [1.165, 1.54) is 23.5 Å². The van der Waals surface area contributed by atoms with Crippen molar-refractivity contribution in [2.75, 3.05) is 0 Å². The Balaban J connectivity index is 0.000000980. The summed E-state index contributed by atoms with van der Waals surface area (Å²) >= 11 is 5.98. The molecule has 0 atom stereocenters. The largest absolute Gasteiger partial charge is 1.00 e. The third-order valence-electron chi connectivity index (χ3n) is 1.25. The first-order chi connectivity index (χ1) is 6.27. The van der Waals surface area contributed by atoms with Crippen molar-refractivity contribution in [2.45, 2.75) is 0 Å². The van der Waals surface area contributed by atoms with Gasteiger partial charge in [0.15, 0.2) is 0 Å². The molecule has 68 valence electrons. The van der Waals surface area contributed by atoms with Crippen molar-refractivity contribution < 1.29 is 28.8 Å². The molecule has 7 heteroatoms. The van der Waals surface area contributed by atoms with Crippen molar-refractivity contribution in [3.63, 3.8) is 0 Å². The minimum absolute atomic E-state index is 0. The summed E-state index contributed by atoms with van der Waals surface area (Å²) in [5, 5.41) is 16.1. The quantitative estimate of drug-likeness (QED) is 0.567. The Kier molecular flexibility index (Phi) is 5.18. The molecule has 0 spiro atoms. The number of carbonyl (C=O) groups excluding carboxylic acids is 1. The zero-order chi connectivity index (χ0) is 9.26. The summed E-state index contributed by atoms with van der Waals surface area (Å²) in [4.78, 5) is 10.8. The van der Waals surface area contributed by atoms with E-state index in [1.54, 1.807) is 28.9 Å². The van der Waals surface area contributed by atoms with Gasteiger partial charge in [0.1, 0.15) is 0 Å². The fraction of sp³-hybridized carbons (Fsp3) is 0. The Morgan fingerprint density at radius 3 is 2.29 bits per heavy atom. The van der Waals surface area contributed by atoms with Gasteiger partial charge in [-0.25, -0.2) is 0 Å². The summed E-state index contributed by atoms with van der Waals surface area (Å²) in [6, 6.07) is 0. The van der Waals surface area contributed by atoms with Crippen LogP contribution in [0.25, 0.3) is 0 Å². The van der Waals surface area contributed by atoms with E-state index in [9.17, 15) is 9.90 Å². The maximum Gasteiger partial charge on any atom is 1.00 e. The van der Waals surface area contributed by atoms with E-state index in [-0.39, 0.29) is 18.9 Å². The Hall–Kier alpha value is 0.687. The van der Waals surface area contributed by atoms with Crippen molar-refractivity contribution in [3.05, 3.63) is 29.6 Å². The molecule has 2 heterocycles. The number of carbonyl (C=O) groups is 1. The third-order valence-corrected chi connectivity index (χ3v) is 6.25. The molecule has 2 rings (SSSR count). The van der Waals surface area contributed by atoms with Crippen LogP contribution in [0.2, 0.25) is 0 Å². The number of carboxylic acids is 1. The normalized spacial score (nSPS) is 19.6. The Morgan fingerprint density at radius 1 is 1.14 bits per heavy atom. The van der Waals surface area contributed by atoms with Crippen LogP contribution in [0.3, 0.4) is 0 Å². The maximum atomic E-state index is 10.5. The van der Waals surface area contributed by atoms with Crippen LogP contribution >= 0.6 is 47.0 Å². The molecular formula is C7H3LiO2S4. The topological polar surface area (TPSA) is 40.1 Å². The van der Waals surface area contributed by atoms with E-state index in [1.807, 2.05) is 10.8 Å². The number of hydrogen-bond acceptors (Lipinski definition) is 6. The smallest absolute Gasteiger partial charge is 0.544 e. The van der Waals surface area contributed by atoms with Crippen molar-refractivity contribution in [3.8, 4) is 0 Å². The molecule has 0 unspecified atom stereocenters. The van der Waals surface area contributed by atoms with Crippen LogP contribution in [0, 0.1) is 0 Å². The molecule has 0 fully saturated rings. The number of aliphatic carboxylic acids is 1. The van der Waals surface area contributed by atoms with E-state index in [2.05, 4.69) is 0 Å². The van der Waals surface area contributed by atoms with Crippen molar-refractivity contribution in [1.29, 1.82) is 0 Å². The van der Waals surface area contributed by atoms with E-state index in [0.29, 0.717) is 4.91 Å². The molecule has 0 aliphatic carbocycles. The minimum atomic E-state index is -1.09. The first kappa shape index (κ1) is 12.8. The molecule has 0 bridgehead atoms. The Morgan fingerprint density at radius 2 is 1.79 bits per heavy atom. The van der Waals surface area contributed by atoms with Gasteiger partial charge in [-0.3, -0.25) is 0 Å². The average Bonchev–Trinajstić information content (AvgIpc) is 2.75. The standard InChI is InChI=1S/C7H4O2S4.Li/c8-5(9)4-3-12-7(13-4)6-10-1-2-11-6;/h1-3H,(H,8,9);/q;+1/p-1. The van der Waals surface area contributed by atoms with E-state index < -0.39 is 5.97 Å². The van der Waals surface area contributed by atoms with Crippen LogP contribution in [0.5, 0.6) is 0 Å². The predicted molar refractivity (Wildman–Crippen MR) is 59.6 cm³/mol. The van der Waals surface area contributed by atoms with Gasteiger partial charge in [0.25, 0.3) is 0 Å². The molecule has 0 radical (unpaired) electrons. The van der Waals surface area contributed by atoms with Crippen LogP contribution in [-0.4, -0.2) is 5.97 Å². The molecule has 2 aliphatic rings. The van der Waals surface area contributed by atoms with Gasteiger partial charge in [0.05, 0.1) is 14.4 Å². The molecule has 0 aromatic rings. The Labute approximate surface area is 111 Å². The number of carboxylic acid groups (broad SMARTS) is 1. The van der Waals surface area contributed by atoms with Gasteiger partial charge in [0.2, 0.25) is 0 Å². The van der Waals surface area contributed by atoms with Crippen molar-refractivity contribution in [1.82, 2.24) is 0 Å². The predicted octanol–water partition coefficient (Wildman–Crippen LogP) is -0.860. The molecule has 2 aliphatic heterocycles. The zero-order valence-corrected chi connectivity index (χ0v) is 10.4. The third kappa shape index (κ3) is 2.84. The summed E-state index contributed by atoms with van der Waals surface area (Å²) < 4.78 is 2.20. The maximum absolute atomic E-state index is 10.5. The fourth-order valence-corrected chi connectivity index (χ4v) is 5.01. The molecule has 0 saturated heterocycles. The second-order valence-corrected chi connectivity index (χ2v) is 6.35. The monoisotopic (exact) mass is 254 g/mol. The summed E-state index contributed by atoms with van der Waals surface area (Å²) in [5.74, 6) is -1.09. The number of hydrogen-bond donors (Lipinski definition) is 0. The minimum Gasteiger partial charge on any atom is -0.544 e. The van der Waals surface area contributed by atoms with Gasteiger partial charge in [-0.2, -0.15) is 0 Å². The SMILES string of the molecule is O=C([O-])C1=CSC(=C2SC=CS2)S1.[Li+]. The molecule has 2 nitrogen and oxygen atoms in total. The van der Waals surface area contributed by atoms with Crippen LogP contribution < -0.4 is 24.0 Å². The molecule has 0 aromatic heterocycles. The zero-order valence-electron chi connectivity index (χ0n) is 7.18. The van der Waals surface area contributed by atoms with E-state index in [0.717, 1.165) is 8.47 Å². The van der Waals surface area contributed by atoms with Crippen molar-refractivity contribution in [2.24, 2.45) is 0 Å². The Bertz CT molecular complexity index is 338. The van der Waals surface area contributed by atoms with Gasteiger partial charge in [-0.15, -0.1) is 0 Å². The van der Waals surface area contributed by atoms with E-state index >= 15 is 0 Å². The number of thioether (sulfide) groups is 4. The second-order valence-electron chi connectivity index (χ2n) is 2.07. The van der Waals surface area contributed by atoms with Crippen LogP contribution in [-0.2, 0) is 4.79 Å². The molecule has 0 N–H and O–H groups in total. The van der Waals surface area contributed by atoms with Crippen LogP contribution in [0.1, 0.15) is 0 Å². The summed E-state index contributed by atoms with van der Waals surface area (Å²) in [6.07, 6.45) is 0. The average molecular weight is 254 g/mol. The molecule has 14 heavy (non-hydrogen) atoms. The van der Waals surface area contributed by atoms with Gasteiger partial charge < -0.3 is 9.90 Å². The van der Waals surface area contributed by atoms with Crippen LogP contribution in [0.15, 0.2) is 29.6 Å². The first-order valence-corrected chi connectivity index (χ1v) is 6.71. The van der Waals surface area contributed by atoms with Gasteiger partial charge in [-0.1, -0.05) is 47.0 Å².